The molecule has 1 amide bonds. The minimum atomic E-state index is -0.580. The molecule has 2 aromatic carbocycles. The minimum Gasteiger partial charge on any atom is -0.482 e. The second-order valence-corrected chi connectivity index (χ2v) is 7.31. The first-order chi connectivity index (χ1) is 14.0. The standard InChI is InChI=1S/C21H15FN2O4S/c1-12-3-2-4-18-19(12)23-21(29-18)24-20(26)16-9-15(25)17(11-28-16)27-10-13-5-7-14(22)8-6-13/h2-9,11H,10H2,1H3,(H,23,24,26). The molecule has 0 radical (unpaired) electrons. The molecule has 0 saturated carbocycles. The van der Waals surface area contributed by atoms with Gasteiger partial charge in [-0.15, -0.1) is 0 Å². The van der Waals surface area contributed by atoms with Crippen molar-refractivity contribution in [2.24, 2.45) is 0 Å². The molecule has 0 bridgehead atoms. The molecular weight excluding hydrogens is 395 g/mol. The van der Waals surface area contributed by atoms with Crippen molar-refractivity contribution in [1.82, 2.24) is 4.98 Å². The van der Waals surface area contributed by atoms with E-state index in [1.165, 1.54) is 23.5 Å². The number of aryl methyl sites for hydroxylation is 1. The molecule has 0 aliphatic carbocycles. The number of anilines is 1. The molecule has 1 N–H and O–H groups in total. The van der Waals surface area contributed by atoms with Crippen LogP contribution in [0.4, 0.5) is 9.52 Å². The molecule has 0 saturated heterocycles. The summed E-state index contributed by atoms with van der Waals surface area (Å²) in [7, 11) is 0. The zero-order valence-corrected chi connectivity index (χ0v) is 16.1. The SMILES string of the molecule is Cc1cccc2sc(NC(=O)c3cc(=O)c(OCc4ccc(F)cc4)co3)nc12. The molecule has 4 rings (SSSR count). The fourth-order valence-corrected chi connectivity index (χ4v) is 3.60. The average molecular weight is 410 g/mol. The van der Waals surface area contributed by atoms with Crippen LogP contribution >= 0.6 is 11.3 Å². The average Bonchev–Trinajstić information content (AvgIpc) is 3.12. The molecule has 146 valence electrons. The van der Waals surface area contributed by atoms with E-state index in [2.05, 4.69) is 10.3 Å². The first kappa shape index (κ1) is 18.8. The number of amides is 1. The maximum absolute atomic E-state index is 12.9. The van der Waals surface area contributed by atoms with Crippen LogP contribution in [0.5, 0.6) is 5.75 Å². The van der Waals surface area contributed by atoms with Crippen LogP contribution in [0.25, 0.3) is 10.2 Å². The Hall–Kier alpha value is -3.52. The summed E-state index contributed by atoms with van der Waals surface area (Å²) in [5, 5.41) is 3.06. The normalized spacial score (nSPS) is 10.8. The zero-order chi connectivity index (χ0) is 20.4. The number of para-hydroxylation sites is 1. The number of benzene rings is 2. The van der Waals surface area contributed by atoms with Crippen molar-refractivity contribution in [1.29, 1.82) is 0 Å². The third kappa shape index (κ3) is 4.17. The second-order valence-electron chi connectivity index (χ2n) is 6.28. The number of thiazole rings is 1. The summed E-state index contributed by atoms with van der Waals surface area (Å²) >= 11 is 1.33. The molecule has 0 aliphatic rings. The monoisotopic (exact) mass is 410 g/mol. The number of halogens is 1. The van der Waals surface area contributed by atoms with Crippen molar-refractivity contribution in [3.63, 3.8) is 0 Å². The summed E-state index contributed by atoms with van der Waals surface area (Å²) < 4.78 is 24.5. The molecule has 4 aromatic rings. The maximum atomic E-state index is 12.9. The van der Waals surface area contributed by atoms with E-state index in [4.69, 9.17) is 9.15 Å². The summed E-state index contributed by atoms with van der Waals surface area (Å²) in [6.45, 7) is 2.01. The molecule has 6 nitrogen and oxygen atoms in total. The highest BCUT2D eigenvalue weighted by Gasteiger charge is 2.15. The van der Waals surface area contributed by atoms with E-state index in [1.807, 2.05) is 25.1 Å². The summed E-state index contributed by atoms with van der Waals surface area (Å²) in [6, 6.07) is 12.6. The number of aromatic nitrogens is 1. The van der Waals surface area contributed by atoms with E-state index in [0.29, 0.717) is 10.7 Å². The van der Waals surface area contributed by atoms with Crippen molar-refractivity contribution in [2.75, 3.05) is 5.32 Å². The topological polar surface area (TPSA) is 81.4 Å². The number of nitrogens with zero attached hydrogens (tertiary/aromatic N) is 1. The van der Waals surface area contributed by atoms with Gasteiger partial charge in [-0.3, -0.25) is 14.9 Å². The lowest BCUT2D eigenvalue weighted by Gasteiger charge is -2.06. The molecule has 0 aliphatic heterocycles. The smallest absolute Gasteiger partial charge is 0.293 e. The zero-order valence-electron chi connectivity index (χ0n) is 15.3. The maximum Gasteiger partial charge on any atom is 0.293 e. The number of hydrogen-bond donors (Lipinski definition) is 1. The van der Waals surface area contributed by atoms with Crippen LogP contribution in [0.1, 0.15) is 21.7 Å². The Kier molecular flexibility index (Phi) is 5.09. The quantitative estimate of drug-likeness (QED) is 0.523. The summed E-state index contributed by atoms with van der Waals surface area (Å²) in [4.78, 5) is 29.0. The van der Waals surface area contributed by atoms with Crippen LogP contribution in [0.15, 0.2) is 64.0 Å². The molecule has 0 unspecified atom stereocenters. The van der Waals surface area contributed by atoms with Crippen molar-refractivity contribution >= 4 is 32.6 Å². The lowest BCUT2D eigenvalue weighted by atomic mass is 10.2. The molecule has 2 aromatic heterocycles. The van der Waals surface area contributed by atoms with Crippen LogP contribution in [0.2, 0.25) is 0 Å². The van der Waals surface area contributed by atoms with Crippen LogP contribution in [-0.2, 0) is 6.61 Å². The highest BCUT2D eigenvalue weighted by atomic mass is 32.1. The lowest BCUT2D eigenvalue weighted by Crippen LogP contribution is -2.15. The first-order valence-corrected chi connectivity index (χ1v) is 9.49. The first-order valence-electron chi connectivity index (χ1n) is 8.67. The van der Waals surface area contributed by atoms with Crippen molar-refractivity contribution in [2.45, 2.75) is 13.5 Å². The number of carbonyl (C=O) groups excluding carboxylic acids is 1. The molecule has 0 atom stereocenters. The van der Waals surface area contributed by atoms with Gasteiger partial charge < -0.3 is 9.15 Å². The summed E-state index contributed by atoms with van der Waals surface area (Å²) in [5.41, 5.74) is 2.02. The second kappa shape index (κ2) is 7.84. The van der Waals surface area contributed by atoms with Gasteiger partial charge >= 0.3 is 0 Å². The Bertz CT molecular complexity index is 1250. The van der Waals surface area contributed by atoms with Crippen LogP contribution in [0.3, 0.4) is 0 Å². The van der Waals surface area contributed by atoms with Gasteiger partial charge in [-0.25, -0.2) is 9.37 Å². The Balaban J connectivity index is 1.46. The van der Waals surface area contributed by atoms with Gasteiger partial charge in [-0.1, -0.05) is 35.6 Å². The van der Waals surface area contributed by atoms with Gasteiger partial charge in [0.05, 0.1) is 10.2 Å². The van der Waals surface area contributed by atoms with Gasteiger partial charge in [0.25, 0.3) is 5.91 Å². The highest BCUT2D eigenvalue weighted by Crippen LogP contribution is 2.28. The van der Waals surface area contributed by atoms with Crippen LogP contribution in [0, 0.1) is 12.7 Å². The molecule has 0 spiro atoms. The number of carbonyl (C=O) groups is 1. The van der Waals surface area contributed by atoms with E-state index in [9.17, 15) is 14.0 Å². The molecule has 29 heavy (non-hydrogen) atoms. The third-order valence-corrected chi connectivity index (χ3v) is 5.11. The van der Waals surface area contributed by atoms with Crippen molar-refractivity contribution in [3.8, 4) is 5.75 Å². The van der Waals surface area contributed by atoms with Gasteiger partial charge in [0.15, 0.2) is 10.9 Å². The van der Waals surface area contributed by atoms with Crippen LogP contribution in [-0.4, -0.2) is 10.9 Å². The van der Waals surface area contributed by atoms with Crippen molar-refractivity contribution < 1.29 is 18.3 Å². The largest absolute Gasteiger partial charge is 0.482 e. The Morgan fingerprint density at radius 3 is 2.76 bits per heavy atom. The Morgan fingerprint density at radius 2 is 2.03 bits per heavy atom. The summed E-state index contributed by atoms with van der Waals surface area (Å²) in [6.07, 6.45) is 1.09. The van der Waals surface area contributed by atoms with Crippen molar-refractivity contribution in [3.05, 3.63) is 87.7 Å². The van der Waals surface area contributed by atoms with Gasteiger partial charge in [0, 0.05) is 6.07 Å². The Morgan fingerprint density at radius 1 is 1.24 bits per heavy atom. The predicted octanol–water partition coefficient (Wildman–Crippen LogP) is 4.53. The number of rotatable bonds is 5. The van der Waals surface area contributed by atoms with E-state index < -0.39 is 11.3 Å². The fourth-order valence-electron chi connectivity index (χ4n) is 2.66. The van der Waals surface area contributed by atoms with E-state index in [1.54, 1.807) is 12.1 Å². The number of hydrogen-bond acceptors (Lipinski definition) is 6. The molecular formula is C21H15FN2O4S. The fraction of sp³-hybridized carbons (Fsp3) is 0.0952. The lowest BCUT2D eigenvalue weighted by molar-refractivity contribution is 0.0993. The van der Waals surface area contributed by atoms with Crippen LogP contribution < -0.4 is 15.5 Å². The third-order valence-electron chi connectivity index (χ3n) is 4.17. The summed E-state index contributed by atoms with van der Waals surface area (Å²) in [5.74, 6) is -1.13. The number of nitrogens with one attached hydrogen (secondary N) is 1. The highest BCUT2D eigenvalue weighted by molar-refractivity contribution is 7.22. The van der Waals surface area contributed by atoms with Gasteiger partial charge in [0.1, 0.15) is 18.7 Å². The minimum absolute atomic E-state index is 0.0403. The number of fused-ring (bicyclic) bond motifs is 1. The Labute approximate surface area is 168 Å². The molecule has 2 heterocycles. The van der Waals surface area contributed by atoms with E-state index in [-0.39, 0.29) is 23.9 Å². The van der Waals surface area contributed by atoms with E-state index >= 15 is 0 Å². The molecule has 8 heteroatoms. The number of ether oxygens (including phenoxy) is 1. The predicted molar refractivity (Wildman–Crippen MR) is 108 cm³/mol. The van der Waals surface area contributed by atoms with Gasteiger partial charge in [0.2, 0.25) is 11.2 Å². The molecule has 0 fully saturated rings. The van der Waals surface area contributed by atoms with E-state index in [0.717, 1.165) is 28.1 Å². The van der Waals surface area contributed by atoms with Gasteiger partial charge in [-0.05, 0) is 36.2 Å². The van der Waals surface area contributed by atoms with Gasteiger partial charge in [-0.2, -0.15) is 0 Å².